The molecule has 0 unspecified atom stereocenters. The molecule has 1 N–H and O–H groups in total. The van der Waals surface area contributed by atoms with Crippen molar-refractivity contribution in [3.8, 4) is 5.75 Å². The van der Waals surface area contributed by atoms with Crippen LogP contribution in [0, 0.1) is 12.7 Å². The van der Waals surface area contributed by atoms with Gasteiger partial charge in [0.05, 0.1) is 5.69 Å². The molecule has 0 bridgehead atoms. The highest BCUT2D eigenvalue weighted by molar-refractivity contribution is 9.10. The maximum absolute atomic E-state index is 14.0. The van der Waals surface area contributed by atoms with E-state index < -0.39 is 17.5 Å². The number of furan rings is 1. The Hall–Kier alpha value is -3.45. The molecule has 0 saturated heterocycles. The first-order chi connectivity index (χ1) is 14.9. The number of para-hydroxylation sites is 1. The number of fused-ring (bicyclic) bond motifs is 1. The summed E-state index contributed by atoms with van der Waals surface area (Å²) in [6, 6.07) is 18.2. The molecule has 7 heteroatoms. The Bertz CT molecular complexity index is 1280. The fourth-order valence-electron chi connectivity index (χ4n) is 3.05. The first-order valence-electron chi connectivity index (χ1n) is 9.43. The molecule has 4 aromatic rings. The topological polar surface area (TPSA) is 68.5 Å². The lowest BCUT2D eigenvalue weighted by Gasteiger charge is -2.08. The zero-order chi connectivity index (χ0) is 22.0. The molecule has 0 fully saturated rings. The van der Waals surface area contributed by atoms with Gasteiger partial charge in [0, 0.05) is 15.4 Å². The quantitative estimate of drug-likeness (QED) is 0.348. The van der Waals surface area contributed by atoms with Crippen molar-refractivity contribution < 1.29 is 23.1 Å². The number of carbonyl (C=O) groups excluding carboxylic acids is 2. The van der Waals surface area contributed by atoms with Crippen LogP contribution in [0.3, 0.4) is 0 Å². The van der Waals surface area contributed by atoms with Gasteiger partial charge in [0.2, 0.25) is 5.78 Å². The summed E-state index contributed by atoms with van der Waals surface area (Å²) in [6.07, 6.45) is 0. The van der Waals surface area contributed by atoms with Crippen LogP contribution in [0.4, 0.5) is 10.1 Å². The molecule has 3 aromatic carbocycles. The second-order valence-corrected chi connectivity index (χ2v) is 7.80. The number of halogens is 2. The van der Waals surface area contributed by atoms with Crippen LogP contribution in [-0.4, -0.2) is 18.3 Å². The Morgan fingerprint density at radius 3 is 2.55 bits per heavy atom. The Balaban J connectivity index is 1.61. The van der Waals surface area contributed by atoms with Crippen LogP contribution in [0.15, 0.2) is 75.6 Å². The zero-order valence-corrected chi connectivity index (χ0v) is 18.0. The molecule has 0 aliphatic rings. The number of amides is 1. The van der Waals surface area contributed by atoms with E-state index in [1.54, 1.807) is 55.5 Å². The van der Waals surface area contributed by atoms with E-state index in [1.807, 2.05) is 0 Å². The fourth-order valence-corrected chi connectivity index (χ4v) is 3.31. The van der Waals surface area contributed by atoms with Gasteiger partial charge < -0.3 is 14.5 Å². The van der Waals surface area contributed by atoms with Crippen LogP contribution < -0.4 is 10.1 Å². The van der Waals surface area contributed by atoms with E-state index in [-0.39, 0.29) is 23.6 Å². The molecule has 156 valence electrons. The van der Waals surface area contributed by atoms with E-state index in [0.29, 0.717) is 22.3 Å². The van der Waals surface area contributed by atoms with Gasteiger partial charge in [-0.3, -0.25) is 9.59 Å². The van der Waals surface area contributed by atoms with Crippen molar-refractivity contribution in [1.29, 1.82) is 0 Å². The molecule has 4 rings (SSSR count). The molecule has 31 heavy (non-hydrogen) atoms. The number of aryl methyl sites for hydroxylation is 1. The van der Waals surface area contributed by atoms with E-state index in [2.05, 4.69) is 21.2 Å². The van der Waals surface area contributed by atoms with Crippen LogP contribution in [0.25, 0.3) is 11.0 Å². The molecular weight excluding hydrogens is 465 g/mol. The number of ketones is 1. The number of hydrogen-bond acceptors (Lipinski definition) is 4. The van der Waals surface area contributed by atoms with Crippen LogP contribution >= 0.6 is 15.9 Å². The van der Waals surface area contributed by atoms with Crippen LogP contribution in [0.1, 0.15) is 21.7 Å². The molecule has 0 spiro atoms. The summed E-state index contributed by atoms with van der Waals surface area (Å²) >= 11 is 3.34. The monoisotopic (exact) mass is 481 g/mol. The summed E-state index contributed by atoms with van der Waals surface area (Å²) in [7, 11) is 0. The number of rotatable bonds is 6. The number of carbonyl (C=O) groups is 2. The third kappa shape index (κ3) is 4.51. The third-order valence-electron chi connectivity index (χ3n) is 4.68. The highest BCUT2D eigenvalue weighted by Gasteiger charge is 2.24. The normalized spacial score (nSPS) is 10.8. The van der Waals surface area contributed by atoms with Crippen molar-refractivity contribution in [3.05, 3.63) is 93.9 Å². The van der Waals surface area contributed by atoms with Crippen LogP contribution in [0.2, 0.25) is 0 Å². The average Bonchev–Trinajstić information content (AvgIpc) is 3.13. The summed E-state index contributed by atoms with van der Waals surface area (Å²) in [5.74, 6) is -1.02. The highest BCUT2D eigenvalue weighted by atomic mass is 79.9. The summed E-state index contributed by atoms with van der Waals surface area (Å²) in [6.45, 7) is 1.36. The molecule has 0 atom stereocenters. The Labute approximate surface area is 186 Å². The van der Waals surface area contributed by atoms with Gasteiger partial charge in [-0.25, -0.2) is 4.39 Å². The van der Waals surface area contributed by atoms with Gasteiger partial charge in [0.1, 0.15) is 17.1 Å². The predicted octanol–water partition coefficient (Wildman–Crippen LogP) is 5.89. The largest absolute Gasteiger partial charge is 0.484 e. The minimum atomic E-state index is -0.528. The molecule has 1 amide bonds. The molecule has 0 aliphatic carbocycles. The van der Waals surface area contributed by atoms with Gasteiger partial charge in [-0.1, -0.05) is 40.2 Å². The van der Waals surface area contributed by atoms with E-state index in [1.165, 1.54) is 12.1 Å². The molecule has 0 saturated carbocycles. The van der Waals surface area contributed by atoms with E-state index in [4.69, 9.17) is 9.15 Å². The molecule has 0 radical (unpaired) electrons. The number of ether oxygens (including phenoxy) is 1. The number of hydrogen-bond donors (Lipinski definition) is 1. The van der Waals surface area contributed by atoms with Gasteiger partial charge in [0.25, 0.3) is 5.91 Å². The summed E-state index contributed by atoms with van der Waals surface area (Å²) < 4.78 is 26.1. The summed E-state index contributed by atoms with van der Waals surface area (Å²) in [5, 5.41) is 3.28. The van der Waals surface area contributed by atoms with Gasteiger partial charge in [-0.2, -0.15) is 0 Å². The Morgan fingerprint density at radius 2 is 1.81 bits per heavy atom. The second-order valence-electron chi connectivity index (χ2n) is 6.89. The molecular formula is C24H17BrFNO4. The summed E-state index contributed by atoms with van der Waals surface area (Å²) in [5.41, 5.74) is 1.22. The minimum absolute atomic E-state index is 0.0681. The number of nitrogens with one attached hydrogen (secondary N) is 1. The minimum Gasteiger partial charge on any atom is -0.484 e. The molecule has 5 nitrogen and oxygen atoms in total. The van der Waals surface area contributed by atoms with E-state index in [0.717, 1.165) is 10.5 Å². The first-order valence-corrected chi connectivity index (χ1v) is 10.2. The van der Waals surface area contributed by atoms with Crippen molar-refractivity contribution in [2.45, 2.75) is 6.92 Å². The number of anilines is 1. The van der Waals surface area contributed by atoms with Crippen LogP contribution in [-0.2, 0) is 4.79 Å². The zero-order valence-electron chi connectivity index (χ0n) is 16.4. The molecule has 0 aliphatic heterocycles. The third-order valence-corrected chi connectivity index (χ3v) is 5.21. The standard InChI is InChI=1S/C24H17BrFNO4/c1-14-6-7-15(12-19(14)26)23(29)24-22(18-4-2-3-5-20(18)31-24)27-21(28)13-30-17-10-8-16(25)9-11-17/h2-12H,13H2,1H3,(H,27,28). The average molecular weight is 482 g/mol. The SMILES string of the molecule is Cc1ccc(C(=O)c2oc3ccccc3c2NC(=O)COc2ccc(Br)cc2)cc1F. The van der Waals surface area contributed by atoms with Gasteiger partial charge in [-0.15, -0.1) is 0 Å². The van der Waals surface area contributed by atoms with Gasteiger partial charge in [-0.05, 0) is 55.0 Å². The lowest BCUT2D eigenvalue weighted by molar-refractivity contribution is -0.118. The fraction of sp³-hybridized carbons (Fsp3) is 0.0833. The van der Waals surface area contributed by atoms with Crippen molar-refractivity contribution >= 4 is 44.3 Å². The first kappa shape index (κ1) is 20.8. The molecule has 1 aromatic heterocycles. The van der Waals surface area contributed by atoms with Crippen molar-refractivity contribution in [2.75, 3.05) is 11.9 Å². The van der Waals surface area contributed by atoms with Gasteiger partial charge in [0.15, 0.2) is 12.4 Å². The summed E-state index contributed by atoms with van der Waals surface area (Å²) in [4.78, 5) is 25.6. The Kier molecular flexibility index (Phi) is 5.86. The smallest absolute Gasteiger partial charge is 0.262 e. The van der Waals surface area contributed by atoms with E-state index >= 15 is 0 Å². The lowest BCUT2D eigenvalue weighted by atomic mass is 10.0. The van der Waals surface area contributed by atoms with Crippen molar-refractivity contribution in [2.24, 2.45) is 0 Å². The van der Waals surface area contributed by atoms with E-state index in [9.17, 15) is 14.0 Å². The van der Waals surface area contributed by atoms with Crippen molar-refractivity contribution in [3.63, 3.8) is 0 Å². The lowest BCUT2D eigenvalue weighted by Crippen LogP contribution is -2.21. The van der Waals surface area contributed by atoms with Gasteiger partial charge >= 0.3 is 0 Å². The maximum atomic E-state index is 14.0. The predicted molar refractivity (Wildman–Crippen MR) is 119 cm³/mol. The Morgan fingerprint density at radius 1 is 1.06 bits per heavy atom. The maximum Gasteiger partial charge on any atom is 0.262 e. The highest BCUT2D eigenvalue weighted by Crippen LogP contribution is 2.32. The molecule has 1 heterocycles. The second kappa shape index (κ2) is 8.73. The number of benzene rings is 3. The van der Waals surface area contributed by atoms with Crippen LogP contribution in [0.5, 0.6) is 5.75 Å². The van der Waals surface area contributed by atoms with Crippen molar-refractivity contribution in [1.82, 2.24) is 0 Å².